The Morgan fingerprint density at radius 1 is 1.09 bits per heavy atom. The van der Waals surface area contributed by atoms with Gasteiger partial charge in [-0.2, -0.15) is 8.78 Å². The molecule has 2 N–H and O–H groups in total. The van der Waals surface area contributed by atoms with Gasteiger partial charge in [-0.3, -0.25) is 14.4 Å². The third kappa shape index (κ3) is 7.26. The number of rotatable bonds is 11. The van der Waals surface area contributed by atoms with E-state index in [1.807, 2.05) is 0 Å². The summed E-state index contributed by atoms with van der Waals surface area (Å²) in [6.45, 7) is 0.601. The summed E-state index contributed by atoms with van der Waals surface area (Å²) < 4.78 is 58.9. The highest BCUT2D eigenvalue weighted by Gasteiger charge is 2.46. The third-order valence-corrected chi connectivity index (χ3v) is 7.34. The molecule has 0 atom stereocenters. The first kappa shape index (κ1) is 31.2. The highest BCUT2D eigenvalue weighted by molar-refractivity contribution is 6.05. The van der Waals surface area contributed by atoms with Crippen LogP contribution in [0.3, 0.4) is 0 Å². The number of carbonyl (C=O) groups is 2. The predicted molar refractivity (Wildman–Crippen MR) is 155 cm³/mol. The zero-order chi connectivity index (χ0) is 31.8. The van der Waals surface area contributed by atoms with E-state index < -0.39 is 43.0 Å². The van der Waals surface area contributed by atoms with Crippen molar-refractivity contribution in [3.63, 3.8) is 0 Å². The zero-order valence-corrected chi connectivity index (χ0v) is 24.5. The zero-order valence-electron chi connectivity index (χ0n) is 24.5. The van der Waals surface area contributed by atoms with Gasteiger partial charge >= 0.3 is 6.61 Å². The molecule has 3 aromatic rings. The molecule has 1 aliphatic carbocycles. The number of aryl methyl sites for hydroxylation is 1. The molecule has 13 heteroatoms. The fourth-order valence-electron chi connectivity index (χ4n) is 5.04. The number of nitrogens with zero attached hydrogens (tertiary/aromatic N) is 3. The van der Waals surface area contributed by atoms with Crippen molar-refractivity contribution in [2.45, 2.75) is 51.7 Å². The minimum Gasteiger partial charge on any atom is -0.435 e. The SMILES string of the molecule is CC(C)CNCc1cc(C(=O)Nc2cc(-c3ccc(OC(F)F)cc3C(=O)N3CC(F)(F)C3)cc(C3CC3)n2)c(=O)n(C)c1. The number of hydrogen-bond donors (Lipinski definition) is 2. The number of amides is 2. The molecule has 1 aliphatic heterocycles. The van der Waals surface area contributed by atoms with Crippen LogP contribution in [0.25, 0.3) is 11.1 Å². The smallest absolute Gasteiger partial charge is 0.387 e. The van der Waals surface area contributed by atoms with Crippen molar-refractivity contribution in [1.82, 2.24) is 19.8 Å². The lowest BCUT2D eigenvalue weighted by molar-refractivity contribution is -0.113. The molecule has 2 fully saturated rings. The number of nitrogens with one attached hydrogen (secondary N) is 2. The summed E-state index contributed by atoms with van der Waals surface area (Å²) in [5.74, 6) is -4.15. The molecule has 2 amide bonds. The Hall–Kier alpha value is -4.26. The topological polar surface area (TPSA) is 106 Å². The van der Waals surface area contributed by atoms with Crippen LogP contribution in [-0.4, -0.2) is 58.4 Å². The van der Waals surface area contributed by atoms with Gasteiger partial charge in [0.05, 0.1) is 18.7 Å². The van der Waals surface area contributed by atoms with Gasteiger partial charge in [0.25, 0.3) is 23.3 Å². The quantitative estimate of drug-likeness (QED) is 0.294. The van der Waals surface area contributed by atoms with Crippen LogP contribution in [0.5, 0.6) is 5.75 Å². The summed E-state index contributed by atoms with van der Waals surface area (Å²) >= 11 is 0. The Balaban J connectivity index is 1.49. The Kier molecular flexibility index (Phi) is 8.78. The van der Waals surface area contributed by atoms with Crippen molar-refractivity contribution in [3.05, 3.63) is 75.3 Å². The molecule has 0 unspecified atom stereocenters. The Labute approximate surface area is 251 Å². The van der Waals surface area contributed by atoms with Crippen LogP contribution in [-0.2, 0) is 13.6 Å². The molecule has 234 valence electrons. The van der Waals surface area contributed by atoms with Crippen LogP contribution < -0.4 is 20.9 Å². The van der Waals surface area contributed by atoms with E-state index in [4.69, 9.17) is 0 Å². The van der Waals surface area contributed by atoms with Crippen molar-refractivity contribution < 1.29 is 31.9 Å². The van der Waals surface area contributed by atoms with E-state index in [-0.39, 0.29) is 34.2 Å². The second-order valence-electron chi connectivity index (χ2n) is 11.7. The highest BCUT2D eigenvalue weighted by atomic mass is 19.3. The molecule has 9 nitrogen and oxygen atoms in total. The Morgan fingerprint density at radius 3 is 2.45 bits per heavy atom. The largest absolute Gasteiger partial charge is 0.435 e. The average Bonchev–Trinajstić information content (AvgIpc) is 3.78. The second kappa shape index (κ2) is 12.4. The minimum atomic E-state index is -3.15. The lowest BCUT2D eigenvalue weighted by Crippen LogP contribution is -2.58. The minimum absolute atomic E-state index is 0.0837. The first-order valence-electron chi connectivity index (χ1n) is 14.3. The molecule has 1 aromatic carbocycles. The Morgan fingerprint density at radius 2 is 1.82 bits per heavy atom. The summed E-state index contributed by atoms with van der Waals surface area (Å²) in [5, 5.41) is 5.98. The van der Waals surface area contributed by atoms with E-state index in [1.165, 1.54) is 28.8 Å². The molecule has 5 rings (SSSR count). The molecule has 1 saturated carbocycles. The molecule has 0 bridgehead atoms. The number of aromatic nitrogens is 2. The summed E-state index contributed by atoms with van der Waals surface area (Å²) in [5.41, 5.74) is 1.35. The average molecular weight is 616 g/mol. The fraction of sp³-hybridized carbons (Fsp3) is 0.419. The van der Waals surface area contributed by atoms with E-state index in [0.29, 0.717) is 23.7 Å². The maximum absolute atomic E-state index is 13.6. The van der Waals surface area contributed by atoms with Crippen LogP contribution in [0.4, 0.5) is 23.4 Å². The third-order valence-electron chi connectivity index (χ3n) is 7.34. The maximum atomic E-state index is 13.6. The number of hydrogen-bond acceptors (Lipinski definition) is 6. The van der Waals surface area contributed by atoms with Gasteiger partial charge in [0.1, 0.15) is 17.1 Å². The van der Waals surface area contributed by atoms with E-state index in [1.54, 1.807) is 19.3 Å². The summed E-state index contributed by atoms with van der Waals surface area (Å²) in [4.78, 5) is 45.0. The summed E-state index contributed by atoms with van der Waals surface area (Å²) in [6.07, 6.45) is 3.36. The number of pyridine rings is 2. The first-order valence-corrected chi connectivity index (χ1v) is 14.3. The highest BCUT2D eigenvalue weighted by Crippen LogP contribution is 2.42. The van der Waals surface area contributed by atoms with Gasteiger partial charge in [-0.1, -0.05) is 13.8 Å². The number of benzene rings is 1. The number of ether oxygens (including phenoxy) is 1. The lowest BCUT2D eigenvalue weighted by Gasteiger charge is -2.39. The summed E-state index contributed by atoms with van der Waals surface area (Å²) in [6, 6.07) is 8.48. The molecule has 0 spiro atoms. The fourth-order valence-corrected chi connectivity index (χ4v) is 5.04. The van der Waals surface area contributed by atoms with Crippen molar-refractivity contribution in [3.8, 4) is 16.9 Å². The number of anilines is 1. The van der Waals surface area contributed by atoms with Gasteiger partial charge in [0.2, 0.25) is 0 Å². The maximum Gasteiger partial charge on any atom is 0.387 e. The van der Waals surface area contributed by atoms with Crippen LogP contribution in [0.1, 0.15) is 64.6 Å². The predicted octanol–water partition coefficient (Wildman–Crippen LogP) is 5.02. The van der Waals surface area contributed by atoms with Crippen LogP contribution in [0.2, 0.25) is 0 Å². The van der Waals surface area contributed by atoms with Gasteiger partial charge in [-0.25, -0.2) is 13.8 Å². The molecule has 3 heterocycles. The van der Waals surface area contributed by atoms with Crippen LogP contribution >= 0.6 is 0 Å². The first-order chi connectivity index (χ1) is 20.8. The van der Waals surface area contributed by atoms with E-state index in [9.17, 15) is 31.9 Å². The molecule has 1 saturated heterocycles. The Bertz CT molecular complexity index is 1630. The number of likely N-dealkylation sites (tertiary alicyclic amines) is 1. The molecular formula is C31H33F4N5O4. The van der Waals surface area contributed by atoms with E-state index in [2.05, 4.69) is 34.2 Å². The monoisotopic (exact) mass is 615 g/mol. The van der Waals surface area contributed by atoms with Gasteiger partial charge in [-0.15, -0.1) is 0 Å². The standard InChI is InChI=1S/C31H33F4N5O4/c1-17(2)12-36-13-18-8-24(28(42)39(3)14-18)27(41)38-26-10-20(9-25(37-26)19-4-5-19)22-7-6-21(44-30(32)33)11-23(22)29(43)40-15-31(34,35)16-40/h6-11,14,17,19,30,36H,4-5,12-13,15-16H2,1-3H3,(H,37,38,41). The van der Waals surface area contributed by atoms with E-state index >= 15 is 0 Å². The van der Waals surface area contributed by atoms with Gasteiger partial charge < -0.3 is 24.8 Å². The van der Waals surface area contributed by atoms with Crippen molar-refractivity contribution in [2.24, 2.45) is 13.0 Å². The number of alkyl halides is 4. The number of carbonyl (C=O) groups excluding carboxylic acids is 2. The number of halogens is 4. The van der Waals surface area contributed by atoms with Crippen molar-refractivity contribution in [1.29, 1.82) is 0 Å². The van der Waals surface area contributed by atoms with Gasteiger partial charge in [-0.05, 0) is 78.4 Å². The summed E-state index contributed by atoms with van der Waals surface area (Å²) in [7, 11) is 1.56. The molecule has 2 aromatic heterocycles. The van der Waals surface area contributed by atoms with Crippen molar-refractivity contribution in [2.75, 3.05) is 25.0 Å². The second-order valence-corrected chi connectivity index (χ2v) is 11.7. The van der Waals surface area contributed by atoms with Gasteiger partial charge in [0, 0.05) is 31.4 Å². The molecule has 44 heavy (non-hydrogen) atoms. The van der Waals surface area contributed by atoms with Crippen molar-refractivity contribution >= 4 is 17.6 Å². The lowest BCUT2D eigenvalue weighted by atomic mass is 9.96. The molecular weight excluding hydrogens is 582 g/mol. The van der Waals surface area contributed by atoms with Gasteiger partial charge in [0.15, 0.2) is 0 Å². The van der Waals surface area contributed by atoms with Crippen LogP contribution in [0.15, 0.2) is 47.4 Å². The molecule has 2 aliphatic rings. The van der Waals surface area contributed by atoms with Crippen LogP contribution in [0, 0.1) is 5.92 Å². The normalized spacial score (nSPS) is 15.8. The van der Waals surface area contributed by atoms with E-state index in [0.717, 1.165) is 35.9 Å². The molecule has 0 radical (unpaired) electrons.